The van der Waals surface area contributed by atoms with Crippen LogP contribution in [0.5, 0.6) is 0 Å². The highest BCUT2D eigenvalue weighted by Gasteiger charge is 2.21. The Labute approximate surface area is 123 Å². The first-order valence-corrected chi connectivity index (χ1v) is 8.16. The maximum Gasteiger partial charge on any atom is 0.134 e. The number of anilines is 2. The van der Waals surface area contributed by atoms with Gasteiger partial charge in [-0.05, 0) is 26.2 Å². The van der Waals surface area contributed by atoms with E-state index in [4.69, 9.17) is 4.98 Å². The van der Waals surface area contributed by atoms with Gasteiger partial charge in [-0.15, -0.1) is 0 Å². The molecule has 0 aliphatic carbocycles. The molecule has 0 spiro atoms. The predicted octanol–water partition coefficient (Wildman–Crippen LogP) is 3.63. The van der Waals surface area contributed by atoms with Gasteiger partial charge in [-0.1, -0.05) is 26.7 Å². The van der Waals surface area contributed by atoms with Crippen LogP contribution >= 0.6 is 0 Å². The summed E-state index contributed by atoms with van der Waals surface area (Å²) in [6, 6.07) is 2.75. The van der Waals surface area contributed by atoms with Gasteiger partial charge in [0.1, 0.15) is 17.5 Å². The van der Waals surface area contributed by atoms with Gasteiger partial charge in [0, 0.05) is 31.6 Å². The molecule has 4 heteroatoms. The fourth-order valence-electron chi connectivity index (χ4n) is 2.96. The lowest BCUT2D eigenvalue weighted by molar-refractivity contribution is 0.551. The second kappa shape index (κ2) is 7.46. The summed E-state index contributed by atoms with van der Waals surface area (Å²) >= 11 is 0. The van der Waals surface area contributed by atoms with Gasteiger partial charge < -0.3 is 10.2 Å². The molecule has 20 heavy (non-hydrogen) atoms. The molecular weight excluding hydrogens is 248 g/mol. The van der Waals surface area contributed by atoms with Crippen LogP contribution in [0.15, 0.2) is 6.07 Å². The number of aromatic nitrogens is 2. The van der Waals surface area contributed by atoms with E-state index in [-0.39, 0.29) is 0 Å². The number of hydrogen-bond acceptors (Lipinski definition) is 4. The van der Waals surface area contributed by atoms with Crippen molar-refractivity contribution in [2.24, 2.45) is 0 Å². The maximum absolute atomic E-state index is 4.77. The van der Waals surface area contributed by atoms with Crippen LogP contribution < -0.4 is 10.2 Å². The minimum Gasteiger partial charge on any atom is -0.370 e. The van der Waals surface area contributed by atoms with Gasteiger partial charge in [-0.25, -0.2) is 9.97 Å². The summed E-state index contributed by atoms with van der Waals surface area (Å²) in [5.41, 5.74) is 0. The van der Waals surface area contributed by atoms with Crippen molar-refractivity contribution >= 4 is 11.6 Å². The summed E-state index contributed by atoms with van der Waals surface area (Å²) in [6.07, 6.45) is 7.34. The third-order valence-corrected chi connectivity index (χ3v) is 4.08. The molecule has 1 unspecified atom stereocenters. The molecule has 1 aromatic rings. The average molecular weight is 276 g/mol. The molecule has 1 fully saturated rings. The van der Waals surface area contributed by atoms with Crippen molar-refractivity contribution in [2.45, 2.75) is 65.3 Å². The Bertz CT molecular complexity index is 419. The lowest BCUT2D eigenvalue weighted by Gasteiger charge is -2.30. The SMILES string of the molecule is CCNc1cc(N2CCCCCC2CC)nc(CC)n1. The van der Waals surface area contributed by atoms with Crippen LogP contribution in [0, 0.1) is 0 Å². The lowest BCUT2D eigenvalue weighted by Crippen LogP contribution is -2.35. The number of aryl methyl sites for hydroxylation is 1. The second-order valence-electron chi connectivity index (χ2n) is 5.52. The number of rotatable bonds is 5. The van der Waals surface area contributed by atoms with Crippen molar-refractivity contribution in [2.75, 3.05) is 23.3 Å². The van der Waals surface area contributed by atoms with Crippen LogP contribution in [-0.4, -0.2) is 29.1 Å². The molecule has 1 saturated heterocycles. The summed E-state index contributed by atoms with van der Waals surface area (Å²) < 4.78 is 0. The van der Waals surface area contributed by atoms with E-state index in [9.17, 15) is 0 Å². The Kier molecular flexibility index (Phi) is 5.62. The Hall–Kier alpha value is -1.32. The van der Waals surface area contributed by atoms with Crippen molar-refractivity contribution in [3.8, 4) is 0 Å². The third-order valence-electron chi connectivity index (χ3n) is 4.08. The quantitative estimate of drug-likeness (QED) is 0.891. The zero-order chi connectivity index (χ0) is 14.4. The van der Waals surface area contributed by atoms with Crippen LogP contribution in [-0.2, 0) is 6.42 Å². The molecule has 1 atom stereocenters. The van der Waals surface area contributed by atoms with E-state index in [1.54, 1.807) is 0 Å². The maximum atomic E-state index is 4.77. The van der Waals surface area contributed by atoms with E-state index < -0.39 is 0 Å². The van der Waals surface area contributed by atoms with Gasteiger partial charge in [0.2, 0.25) is 0 Å². The molecule has 1 aliphatic heterocycles. The predicted molar refractivity (Wildman–Crippen MR) is 85.5 cm³/mol. The van der Waals surface area contributed by atoms with Crippen molar-refractivity contribution < 1.29 is 0 Å². The van der Waals surface area contributed by atoms with E-state index in [1.807, 2.05) is 0 Å². The highest BCUT2D eigenvalue weighted by molar-refractivity contribution is 5.50. The summed E-state index contributed by atoms with van der Waals surface area (Å²) in [4.78, 5) is 11.8. The van der Waals surface area contributed by atoms with Crippen LogP contribution in [0.25, 0.3) is 0 Å². The Morgan fingerprint density at radius 3 is 2.75 bits per heavy atom. The Morgan fingerprint density at radius 1 is 1.20 bits per heavy atom. The molecule has 4 nitrogen and oxygen atoms in total. The Balaban J connectivity index is 2.30. The third kappa shape index (κ3) is 3.62. The Morgan fingerprint density at radius 2 is 2.05 bits per heavy atom. The molecule has 1 N–H and O–H groups in total. The molecule has 2 rings (SSSR count). The summed E-state index contributed by atoms with van der Waals surface area (Å²) in [7, 11) is 0. The molecule has 0 bridgehead atoms. The molecule has 0 saturated carbocycles. The van der Waals surface area contributed by atoms with Crippen molar-refractivity contribution in [3.05, 3.63) is 11.9 Å². The van der Waals surface area contributed by atoms with Crippen LogP contribution in [0.1, 0.15) is 58.7 Å². The van der Waals surface area contributed by atoms with Crippen LogP contribution in [0.4, 0.5) is 11.6 Å². The first kappa shape index (κ1) is 15.1. The number of nitrogens with zero attached hydrogens (tertiary/aromatic N) is 3. The zero-order valence-electron chi connectivity index (χ0n) is 13.2. The van der Waals surface area contributed by atoms with E-state index in [0.29, 0.717) is 6.04 Å². The van der Waals surface area contributed by atoms with E-state index in [1.165, 1.54) is 32.1 Å². The smallest absolute Gasteiger partial charge is 0.134 e. The first-order chi connectivity index (χ1) is 9.78. The van der Waals surface area contributed by atoms with Gasteiger partial charge in [0.05, 0.1) is 0 Å². The molecule has 0 radical (unpaired) electrons. The normalized spacial score (nSPS) is 19.8. The zero-order valence-corrected chi connectivity index (χ0v) is 13.2. The molecule has 0 aromatic carbocycles. The van der Waals surface area contributed by atoms with Gasteiger partial charge in [0.15, 0.2) is 0 Å². The van der Waals surface area contributed by atoms with E-state index in [2.05, 4.69) is 42.0 Å². The molecule has 1 aliphatic rings. The van der Waals surface area contributed by atoms with Crippen molar-refractivity contribution in [3.63, 3.8) is 0 Å². The van der Waals surface area contributed by atoms with Gasteiger partial charge in [0.25, 0.3) is 0 Å². The highest BCUT2D eigenvalue weighted by Crippen LogP contribution is 2.26. The fourth-order valence-corrected chi connectivity index (χ4v) is 2.96. The summed E-state index contributed by atoms with van der Waals surface area (Å²) in [6.45, 7) is 8.54. The van der Waals surface area contributed by atoms with Gasteiger partial charge in [-0.3, -0.25) is 0 Å². The monoisotopic (exact) mass is 276 g/mol. The van der Waals surface area contributed by atoms with Gasteiger partial charge >= 0.3 is 0 Å². The molecule has 1 aromatic heterocycles. The molecule has 0 amide bonds. The number of nitrogens with one attached hydrogen (secondary N) is 1. The standard InChI is InChI=1S/C16H28N4/c1-4-13-10-8-7-9-11-20(13)16-12-15(17-6-3)18-14(5-2)19-16/h12-13H,4-11H2,1-3H3,(H,17,18,19). The highest BCUT2D eigenvalue weighted by atomic mass is 15.2. The molecule has 2 heterocycles. The second-order valence-corrected chi connectivity index (χ2v) is 5.52. The lowest BCUT2D eigenvalue weighted by atomic mass is 10.1. The minimum atomic E-state index is 0.631. The van der Waals surface area contributed by atoms with Crippen molar-refractivity contribution in [1.29, 1.82) is 0 Å². The molecule has 112 valence electrons. The van der Waals surface area contributed by atoms with Crippen molar-refractivity contribution in [1.82, 2.24) is 9.97 Å². The number of hydrogen-bond donors (Lipinski definition) is 1. The summed E-state index contributed by atoms with van der Waals surface area (Å²) in [5, 5.41) is 3.33. The fraction of sp³-hybridized carbons (Fsp3) is 0.750. The van der Waals surface area contributed by atoms with E-state index in [0.717, 1.165) is 37.0 Å². The van der Waals surface area contributed by atoms with Gasteiger partial charge in [-0.2, -0.15) is 0 Å². The first-order valence-electron chi connectivity index (χ1n) is 8.16. The largest absolute Gasteiger partial charge is 0.370 e. The average Bonchev–Trinajstić information content (AvgIpc) is 2.72. The topological polar surface area (TPSA) is 41.0 Å². The van der Waals surface area contributed by atoms with Crippen LogP contribution in [0.2, 0.25) is 0 Å². The molecular formula is C16H28N4. The van der Waals surface area contributed by atoms with E-state index >= 15 is 0 Å². The minimum absolute atomic E-state index is 0.631. The summed E-state index contributed by atoms with van der Waals surface area (Å²) in [5.74, 6) is 3.02. The van der Waals surface area contributed by atoms with Crippen LogP contribution in [0.3, 0.4) is 0 Å².